The molecule has 0 atom stereocenters. The third-order valence-corrected chi connectivity index (χ3v) is 4.12. The Labute approximate surface area is 163 Å². The lowest BCUT2D eigenvalue weighted by atomic mass is 10.2. The molecule has 8 heteroatoms. The zero-order chi connectivity index (χ0) is 20.3. The van der Waals surface area contributed by atoms with Crippen molar-refractivity contribution in [3.05, 3.63) is 58.4 Å². The number of aromatic nitrogens is 4. The summed E-state index contributed by atoms with van der Waals surface area (Å²) in [5, 5.41) is 0. The van der Waals surface area contributed by atoms with Gasteiger partial charge in [0.05, 0.1) is 6.33 Å². The monoisotopic (exact) mass is 383 g/mol. The summed E-state index contributed by atoms with van der Waals surface area (Å²) in [6.07, 6.45) is 1.60. The van der Waals surface area contributed by atoms with Crippen LogP contribution in [-0.2, 0) is 17.7 Å². The number of imidazole rings is 1. The van der Waals surface area contributed by atoms with Crippen molar-refractivity contribution >= 4 is 17.3 Å². The maximum atomic E-state index is 12.6. The Morgan fingerprint density at radius 2 is 1.96 bits per heavy atom. The second kappa shape index (κ2) is 7.84. The van der Waals surface area contributed by atoms with E-state index in [1.165, 1.54) is 4.90 Å². The van der Waals surface area contributed by atoms with E-state index in [2.05, 4.69) is 15.0 Å². The summed E-state index contributed by atoms with van der Waals surface area (Å²) in [6, 6.07) is 9.85. The van der Waals surface area contributed by atoms with Crippen molar-refractivity contribution in [2.75, 3.05) is 13.6 Å². The normalized spacial score (nSPS) is 11.6. The molecule has 3 aromatic rings. The van der Waals surface area contributed by atoms with Gasteiger partial charge in [-0.25, -0.2) is 14.8 Å². The average molecular weight is 383 g/mol. The molecule has 2 aromatic heterocycles. The largest absolute Gasteiger partial charge is 0.444 e. The highest BCUT2D eigenvalue weighted by atomic mass is 16.6. The second-order valence-electron chi connectivity index (χ2n) is 7.69. The summed E-state index contributed by atoms with van der Waals surface area (Å²) in [7, 11) is 1.65. The number of amides is 1. The predicted molar refractivity (Wildman–Crippen MR) is 106 cm³/mol. The summed E-state index contributed by atoms with van der Waals surface area (Å²) < 4.78 is 7.11. The van der Waals surface area contributed by atoms with Crippen LogP contribution < -0.4 is 5.56 Å². The number of hydrogen-bond acceptors (Lipinski definition) is 5. The molecule has 1 aromatic carbocycles. The standard InChI is InChI=1S/C20H25N5O3/c1-20(2,3)28-19(27)24(4)11-10-15-22-17-16(18(26)23-15)25(13-21-17)12-14-8-6-5-7-9-14/h5-9,13H,10-12H2,1-4H3,(H,22,23,26). The molecule has 148 valence electrons. The molecule has 3 rings (SSSR count). The molecule has 0 bridgehead atoms. The highest BCUT2D eigenvalue weighted by Gasteiger charge is 2.20. The van der Waals surface area contributed by atoms with Crippen molar-refractivity contribution in [1.29, 1.82) is 0 Å². The third-order valence-electron chi connectivity index (χ3n) is 4.12. The van der Waals surface area contributed by atoms with Gasteiger partial charge in [-0.15, -0.1) is 0 Å². The summed E-state index contributed by atoms with van der Waals surface area (Å²) in [5.74, 6) is 0.484. The van der Waals surface area contributed by atoms with E-state index in [1.54, 1.807) is 17.9 Å². The van der Waals surface area contributed by atoms with Gasteiger partial charge < -0.3 is 19.2 Å². The first-order chi connectivity index (χ1) is 13.2. The Balaban J connectivity index is 1.72. The van der Waals surface area contributed by atoms with Crippen molar-refractivity contribution in [2.45, 2.75) is 39.3 Å². The van der Waals surface area contributed by atoms with Crippen LogP contribution in [0.4, 0.5) is 4.79 Å². The molecule has 0 aliphatic heterocycles. The highest BCUT2D eigenvalue weighted by molar-refractivity contribution is 5.69. The molecule has 28 heavy (non-hydrogen) atoms. The predicted octanol–water partition coefficient (Wildman–Crippen LogP) is 2.58. The molecular weight excluding hydrogens is 358 g/mol. The minimum Gasteiger partial charge on any atom is -0.444 e. The van der Waals surface area contributed by atoms with E-state index < -0.39 is 11.7 Å². The lowest BCUT2D eigenvalue weighted by Crippen LogP contribution is -2.35. The number of fused-ring (bicyclic) bond motifs is 1. The number of carbonyl (C=O) groups excluding carboxylic acids is 1. The van der Waals surface area contributed by atoms with Crippen molar-refractivity contribution in [2.24, 2.45) is 0 Å². The third kappa shape index (κ3) is 4.76. The number of H-pyrrole nitrogens is 1. The number of hydrogen-bond donors (Lipinski definition) is 1. The molecule has 0 fully saturated rings. The van der Waals surface area contributed by atoms with Crippen molar-refractivity contribution in [3.63, 3.8) is 0 Å². The Morgan fingerprint density at radius 1 is 1.25 bits per heavy atom. The highest BCUT2D eigenvalue weighted by Crippen LogP contribution is 2.11. The van der Waals surface area contributed by atoms with E-state index in [-0.39, 0.29) is 5.56 Å². The Kier molecular flexibility index (Phi) is 5.48. The van der Waals surface area contributed by atoms with Crippen molar-refractivity contribution < 1.29 is 9.53 Å². The van der Waals surface area contributed by atoms with Crippen LogP contribution in [0.1, 0.15) is 32.2 Å². The number of likely N-dealkylation sites (N-methyl/N-ethyl adjacent to an activating group) is 1. The van der Waals surface area contributed by atoms with Gasteiger partial charge in [0.2, 0.25) is 0 Å². The van der Waals surface area contributed by atoms with Crippen LogP contribution in [0.3, 0.4) is 0 Å². The fourth-order valence-electron chi connectivity index (χ4n) is 2.75. The first-order valence-corrected chi connectivity index (χ1v) is 9.15. The molecule has 0 unspecified atom stereocenters. The second-order valence-corrected chi connectivity index (χ2v) is 7.69. The van der Waals surface area contributed by atoms with E-state index in [1.807, 2.05) is 51.1 Å². The van der Waals surface area contributed by atoms with Gasteiger partial charge in [-0.05, 0) is 26.3 Å². The van der Waals surface area contributed by atoms with Crippen LogP contribution in [0.15, 0.2) is 41.5 Å². The zero-order valence-electron chi connectivity index (χ0n) is 16.6. The maximum absolute atomic E-state index is 12.6. The quantitative estimate of drug-likeness (QED) is 0.731. The van der Waals surface area contributed by atoms with Crippen LogP contribution in [0.25, 0.3) is 11.2 Å². The van der Waals surface area contributed by atoms with Gasteiger partial charge in [0.25, 0.3) is 5.56 Å². The van der Waals surface area contributed by atoms with Crippen molar-refractivity contribution in [1.82, 2.24) is 24.4 Å². The summed E-state index contributed by atoms with van der Waals surface area (Å²) in [4.78, 5) is 37.6. The fourth-order valence-corrected chi connectivity index (χ4v) is 2.75. The minimum atomic E-state index is -0.553. The van der Waals surface area contributed by atoms with Crippen LogP contribution in [0.2, 0.25) is 0 Å². The van der Waals surface area contributed by atoms with Gasteiger partial charge in [0, 0.05) is 26.6 Å². The summed E-state index contributed by atoms with van der Waals surface area (Å²) in [5.41, 5.74) is 1.11. The molecule has 1 N–H and O–H groups in total. The summed E-state index contributed by atoms with van der Waals surface area (Å²) >= 11 is 0. The van der Waals surface area contributed by atoms with Crippen LogP contribution in [0.5, 0.6) is 0 Å². The van der Waals surface area contributed by atoms with Crippen LogP contribution in [0, 0.1) is 0 Å². The van der Waals surface area contributed by atoms with Gasteiger partial charge in [0.15, 0.2) is 11.2 Å². The topological polar surface area (TPSA) is 93.1 Å². The van der Waals surface area contributed by atoms with E-state index >= 15 is 0 Å². The lowest BCUT2D eigenvalue weighted by Gasteiger charge is -2.24. The van der Waals surface area contributed by atoms with E-state index in [9.17, 15) is 9.59 Å². The first kappa shape index (κ1) is 19.6. The number of benzene rings is 1. The number of nitrogens with one attached hydrogen (secondary N) is 1. The molecule has 0 saturated carbocycles. The molecule has 0 saturated heterocycles. The smallest absolute Gasteiger partial charge is 0.410 e. The molecule has 0 radical (unpaired) electrons. The molecule has 2 heterocycles. The number of ether oxygens (including phenoxy) is 1. The molecular formula is C20H25N5O3. The molecule has 1 amide bonds. The van der Waals surface area contributed by atoms with Gasteiger partial charge >= 0.3 is 6.09 Å². The van der Waals surface area contributed by atoms with Gasteiger partial charge in [-0.1, -0.05) is 30.3 Å². The Morgan fingerprint density at radius 3 is 2.64 bits per heavy atom. The Bertz CT molecular complexity index is 1020. The molecule has 0 spiro atoms. The molecule has 8 nitrogen and oxygen atoms in total. The lowest BCUT2D eigenvalue weighted by molar-refractivity contribution is 0.0300. The fraction of sp³-hybridized carbons (Fsp3) is 0.400. The zero-order valence-corrected chi connectivity index (χ0v) is 16.6. The van der Waals surface area contributed by atoms with E-state index in [0.717, 1.165) is 5.56 Å². The Hall–Kier alpha value is -3.16. The van der Waals surface area contributed by atoms with Crippen LogP contribution >= 0.6 is 0 Å². The number of rotatable bonds is 5. The average Bonchev–Trinajstić information content (AvgIpc) is 3.02. The van der Waals surface area contributed by atoms with Gasteiger partial charge in [0.1, 0.15) is 11.4 Å². The van der Waals surface area contributed by atoms with Gasteiger partial charge in [-0.2, -0.15) is 0 Å². The minimum absolute atomic E-state index is 0.242. The number of nitrogens with zero attached hydrogens (tertiary/aromatic N) is 4. The molecule has 0 aliphatic carbocycles. The SMILES string of the molecule is CN(CCc1nc2ncn(Cc3ccccc3)c2c(=O)[nH]1)C(=O)OC(C)(C)C. The van der Waals surface area contributed by atoms with Crippen LogP contribution in [-0.4, -0.2) is 49.7 Å². The first-order valence-electron chi connectivity index (χ1n) is 9.15. The number of aromatic amines is 1. The summed E-state index contributed by atoms with van der Waals surface area (Å²) in [6.45, 7) is 6.36. The molecule has 0 aliphatic rings. The maximum Gasteiger partial charge on any atom is 0.410 e. The van der Waals surface area contributed by atoms with E-state index in [4.69, 9.17) is 4.74 Å². The van der Waals surface area contributed by atoms with E-state index in [0.29, 0.717) is 36.5 Å². The van der Waals surface area contributed by atoms with Crippen molar-refractivity contribution in [3.8, 4) is 0 Å². The van der Waals surface area contributed by atoms with Gasteiger partial charge in [-0.3, -0.25) is 4.79 Å². The number of carbonyl (C=O) groups is 1.